The number of ether oxygens (including phenoxy) is 1. The second-order valence-electron chi connectivity index (χ2n) is 7.51. The largest absolute Gasteiger partial charge is 0.507 e. The molecule has 0 aliphatic carbocycles. The highest BCUT2D eigenvalue weighted by molar-refractivity contribution is 5.97. The Morgan fingerprint density at radius 3 is 2.44 bits per heavy atom. The van der Waals surface area contributed by atoms with Crippen LogP contribution in [0.1, 0.15) is 54.1 Å². The zero-order valence-corrected chi connectivity index (χ0v) is 15.8. The molecule has 1 heterocycles. The number of hydrogen-bond acceptors (Lipinski definition) is 3. The molecule has 0 radical (unpaired) electrons. The molecule has 1 aliphatic heterocycles. The van der Waals surface area contributed by atoms with Crippen molar-refractivity contribution in [3.05, 3.63) is 65.0 Å². The molecule has 4 nitrogen and oxygen atoms in total. The normalized spacial score (nSPS) is 16.3. The van der Waals surface area contributed by atoms with Gasteiger partial charge in [0.05, 0.1) is 5.56 Å². The van der Waals surface area contributed by atoms with E-state index < -0.39 is 0 Å². The van der Waals surface area contributed by atoms with E-state index >= 15 is 0 Å². The summed E-state index contributed by atoms with van der Waals surface area (Å²) in [6.45, 7) is 5.67. The molecular formula is C22H26FNO3. The van der Waals surface area contributed by atoms with Gasteiger partial charge >= 0.3 is 0 Å². The van der Waals surface area contributed by atoms with Crippen LogP contribution in [0, 0.1) is 5.82 Å². The fourth-order valence-corrected chi connectivity index (χ4v) is 3.58. The van der Waals surface area contributed by atoms with Crippen molar-refractivity contribution in [3.8, 4) is 5.75 Å². The highest BCUT2D eigenvalue weighted by atomic mass is 19.1. The Morgan fingerprint density at radius 2 is 1.85 bits per heavy atom. The number of phenolic OH excluding ortho intramolecular Hbond substituents is 1. The third kappa shape index (κ3) is 4.30. The number of nitrogens with one attached hydrogen (secondary N) is 1. The lowest BCUT2D eigenvalue weighted by molar-refractivity contribution is 0.0486. The van der Waals surface area contributed by atoms with Crippen molar-refractivity contribution >= 4 is 5.91 Å². The predicted molar refractivity (Wildman–Crippen MR) is 103 cm³/mol. The molecular weight excluding hydrogens is 345 g/mol. The minimum absolute atomic E-state index is 0.0125. The number of hydrogen-bond donors (Lipinski definition) is 2. The van der Waals surface area contributed by atoms with Crippen molar-refractivity contribution in [2.45, 2.75) is 38.0 Å². The van der Waals surface area contributed by atoms with E-state index in [1.807, 2.05) is 19.9 Å². The zero-order valence-electron chi connectivity index (χ0n) is 15.8. The minimum atomic E-state index is -0.309. The van der Waals surface area contributed by atoms with E-state index in [4.69, 9.17) is 4.74 Å². The number of amides is 1. The summed E-state index contributed by atoms with van der Waals surface area (Å²) < 4.78 is 18.8. The molecule has 3 rings (SSSR count). The maximum Gasteiger partial charge on any atom is 0.255 e. The molecule has 1 saturated heterocycles. The van der Waals surface area contributed by atoms with E-state index in [0.717, 1.165) is 24.0 Å². The average Bonchev–Trinajstić information content (AvgIpc) is 2.67. The van der Waals surface area contributed by atoms with Crippen molar-refractivity contribution in [3.63, 3.8) is 0 Å². The lowest BCUT2D eigenvalue weighted by Crippen LogP contribution is -2.44. The summed E-state index contributed by atoms with van der Waals surface area (Å²) in [6.07, 6.45) is 1.49. The Kier molecular flexibility index (Phi) is 5.80. The number of halogens is 1. The van der Waals surface area contributed by atoms with E-state index in [1.165, 1.54) is 12.1 Å². The molecule has 2 N–H and O–H groups in total. The Bertz CT molecular complexity index is 796. The number of carbonyl (C=O) groups is 1. The third-order valence-electron chi connectivity index (χ3n) is 5.43. The number of rotatable bonds is 5. The number of carbonyl (C=O) groups excluding carboxylic acids is 1. The molecule has 144 valence electrons. The molecule has 2 aromatic carbocycles. The topological polar surface area (TPSA) is 58.6 Å². The van der Waals surface area contributed by atoms with E-state index in [2.05, 4.69) is 5.32 Å². The Balaban J connectivity index is 1.77. The summed E-state index contributed by atoms with van der Waals surface area (Å²) in [5.74, 6) is -0.325. The Morgan fingerprint density at radius 1 is 1.19 bits per heavy atom. The van der Waals surface area contributed by atoms with Gasteiger partial charge < -0.3 is 15.2 Å². The van der Waals surface area contributed by atoms with Crippen LogP contribution in [0.2, 0.25) is 0 Å². The van der Waals surface area contributed by atoms with Crippen LogP contribution in [0.15, 0.2) is 42.5 Å². The molecule has 0 bridgehead atoms. The first-order valence-electron chi connectivity index (χ1n) is 9.36. The summed E-state index contributed by atoms with van der Waals surface area (Å²) in [6, 6.07) is 11.6. The molecule has 1 fully saturated rings. The molecule has 2 aromatic rings. The minimum Gasteiger partial charge on any atom is -0.507 e. The SMILES string of the molecule is CC(C)c1ccc(C(=O)NCC2(c3ccc(F)cc3)CCOCC2)c(O)c1. The number of aromatic hydroxyl groups is 1. The average molecular weight is 371 g/mol. The van der Waals surface area contributed by atoms with Crippen molar-refractivity contribution in [1.29, 1.82) is 0 Å². The quantitative estimate of drug-likeness (QED) is 0.831. The van der Waals surface area contributed by atoms with Gasteiger partial charge in [-0.05, 0) is 54.2 Å². The van der Waals surface area contributed by atoms with Gasteiger partial charge in [-0.15, -0.1) is 0 Å². The second-order valence-corrected chi connectivity index (χ2v) is 7.51. The van der Waals surface area contributed by atoms with Gasteiger partial charge in [0.15, 0.2) is 0 Å². The molecule has 5 heteroatoms. The van der Waals surface area contributed by atoms with Gasteiger partial charge in [0.1, 0.15) is 11.6 Å². The van der Waals surface area contributed by atoms with Gasteiger partial charge in [-0.25, -0.2) is 4.39 Å². The van der Waals surface area contributed by atoms with Gasteiger partial charge in [-0.3, -0.25) is 4.79 Å². The van der Waals surface area contributed by atoms with Gasteiger partial charge in [-0.2, -0.15) is 0 Å². The first-order valence-corrected chi connectivity index (χ1v) is 9.36. The van der Waals surface area contributed by atoms with E-state index in [9.17, 15) is 14.3 Å². The molecule has 1 aliphatic rings. The lowest BCUT2D eigenvalue weighted by atomic mass is 9.74. The number of phenols is 1. The maximum atomic E-state index is 13.3. The third-order valence-corrected chi connectivity index (χ3v) is 5.43. The molecule has 0 atom stereocenters. The highest BCUT2D eigenvalue weighted by Crippen LogP contribution is 2.34. The van der Waals surface area contributed by atoms with Gasteiger partial charge in [0.2, 0.25) is 0 Å². The first-order chi connectivity index (χ1) is 12.9. The van der Waals surface area contributed by atoms with Crippen LogP contribution in [0.25, 0.3) is 0 Å². The van der Waals surface area contributed by atoms with Crippen molar-refractivity contribution < 1.29 is 19.0 Å². The molecule has 0 saturated carbocycles. The molecule has 27 heavy (non-hydrogen) atoms. The van der Waals surface area contributed by atoms with Crippen molar-refractivity contribution in [1.82, 2.24) is 5.32 Å². The Hall–Kier alpha value is -2.40. The van der Waals surface area contributed by atoms with Gasteiger partial charge in [-0.1, -0.05) is 32.0 Å². The van der Waals surface area contributed by atoms with Crippen LogP contribution >= 0.6 is 0 Å². The fraction of sp³-hybridized carbons (Fsp3) is 0.409. The Labute approximate surface area is 159 Å². The molecule has 0 unspecified atom stereocenters. The van der Waals surface area contributed by atoms with Crippen LogP contribution in [0.5, 0.6) is 5.75 Å². The van der Waals surface area contributed by atoms with Crippen LogP contribution in [0.3, 0.4) is 0 Å². The van der Waals surface area contributed by atoms with Crippen molar-refractivity contribution in [2.24, 2.45) is 0 Å². The van der Waals surface area contributed by atoms with Crippen molar-refractivity contribution in [2.75, 3.05) is 19.8 Å². The first kappa shape index (κ1) is 19.4. The molecule has 0 aromatic heterocycles. The summed E-state index contributed by atoms with van der Waals surface area (Å²) in [5.41, 5.74) is 1.94. The maximum absolute atomic E-state index is 13.3. The summed E-state index contributed by atoms with van der Waals surface area (Å²) in [7, 11) is 0. The number of benzene rings is 2. The lowest BCUT2D eigenvalue weighted by Gasteiger charge is -2.38. The van der Waals surface area contributed by atoms with Gasteiger partial charge in [0, 0.05) is 25.2 Å². The standard InChI is InChI=1S/C22H26FNO3/c1-15(2)16-3-8-19(20(25)13-16)21(26)24-14-22(9-11-27-12-10-22)17-4-6-18(23)7-5-17/h3-8,13,15,25H,9-12,14H2,1-2H3,(H,24,26). The monoisotopic (exact) mass is 371 g/mol. The van der Waals surface area contributed by atoms with Crippen LogP contribution in [0.4, 0.5) is 4.39 Å². The molecule has 0 spiro atoms. The summed E-state index contributed by atoms with van der Waals surface area (Å²) in [4.78, 5) is 12.7. The highest BCUT2D eigenvalue weighted by Gasteiger charge is 2.35. The fourth-order valence-electron chi connectivity index (χ4n) is 3.58. The van der Waals surface area contributed by atoms with Gasteiger partial charge in [0.25, 0.3) is 5.91 Å². The molecule has 1 amide bonds. The predicted octanol–water partition coefficient (Wildman–Crippen LogP) is 4.13. The van der Waals surface area contributed by atoms with Crippen LogP contribution < -0.4 is 5.32 Å². The van der Waals surface area contributed by atoms with E-state index in [-0.39, 0.29) is 34.4 Å². The summed E-state index contributed by atoms with van der Waals surface area (Å²) >= 11 is 0. The van der Waals surface area contributed by atoms with Crippen LogP contribution in [-0.4, -0.2) is 30.8 Å². The smallest absolute Gasteiger partial charge is 0.255 e. The zero-order chi connectivity index (χ0) is 19.4. The van der Waals surface area contributed by atoms with E-state index in [0.29, 0.717) is 19.8 Å². The summed E-state index contributed by atoms with van der Waals surface area (Å²) in [5, 5.41) is 13.2. The second kappa shape index (κ2) is 8.09. The van der Waals surface area contributed by atoms with Crippen LogP contribution in [-0.2, 0) is 10.2 Å². The van der Waals surface area contributed by atoms with E-state index in [1.54, 1.807) is 24.3 Å².